The molecule has 2 aromatic carbocycles. The normalized spacial score (nSPS) is 10.8. The fraction of sp³-hybridized carbons (Fsp3) is 0.370. The van der Waals surface area contributed by atoms with E-state index in [9.17, 15) is 29.1 Å². The average molecular weight is 560 g/mol. The third-order valence-electron chi connectivity index (χ3n) is 5.79. The van der Waals surface area contributed by atoms with Crippen molar-refractivity contribution in [2.75, 3.05) is 60.4 Å². The standard InChI is InChI=1S/C27H33N3O10/c1-37-22(31)13-29(14-23(32)38-2)11-19-8-18(26(35)17-6-5-7-21(28)10-17)9-20(27(19)36)12-30(15-24(33)39-3)16-25(34)40-4/h5-10,36H,11-16,28H2,1-4H3. The molecule has 0 aromatic heterocycles. The van der Waals surface area contributed by atoms with E-state index in [0.717, 1.165) is 0 Å². The first-order chi connectivity index (χ1) is 19.0. The highest BCUT2D eigenvalue weighted by Gasteiger charge is 2.24. The molecule has 0 radical (unpaired) electrons. The number of hydrogen-bond acceptors (Lipinski definition) is 13. The minimum Gasteiger partial charge on any atom is -0.507 e. The molecule has 13 heteroatoms. The number of anilines is 1. The van der Waals surface area contributed by atoms with E-state index in [-0.39, 0.29) is 67.3 Å². The molecule has 0 aliphatic rings. The van der Waals surface area contributed by atoms with Gasteiger partial charge in [0.1, 0.15) is 5.75 Å². The molecule has 0 aliphatic carbocycles. The van der Waals surface area contributed by atoms with Crippen LogP contribution in [-0.2, 0) is 51.2 Å². The van der Waals surface area contributed by atoms with E-state index in [1.165, 1.54) is 56.4 Å². The van der Waals surface area contributed by atoms with Gasteiger partial charge in [0, 0.05) is 41.0 Å². The maximum Gasteiger partial charge on any atom is 0.319 e. The Hall–Kier alpha value is -4.49. The van der Waals surface area contributed by atoms with Gasteiger partial charge >= 0.3 is 23.9 Å². The van der Waals surface area contributed by atoms with Gasteiger partial charge in [0.2, 0.25) is 0 Å². The topological polar surface area (TPSA) is 175 Å². The van der Waals surface area contributed by atoms with E-state index in [4.69, 9.17) is 24.7 Å². The Morgan fingerprint density at radius 3 is 1.43 bits per heavy atom. The Morgan fingerprint density at radius 2 is 1.07 bits per heavy atom. The monoisotopic (exact) mass is 559 g/mol. The van der Waals surface area contributed by atoms with Crippen molar-refractivity contribution >= 4 is 35.3 Å². The van der Waals surface area contributed by atoms with Crippen molar-refractivity contribution in [1.82, 2.24) is 9.80 Å². The van der Waals surface area contributed by atoms with Crippen molar-refractivity contribution in [1.29, 1.82) is 0 Å². The third-order valence-corrected chi connectivity index (χ3v) is 5.79. The lowest BCUT2D eigenvalue weighted by molar-refractivity contribution is -0.147. The second-order valence-corrected chi connectivity index (χ2v) is 8.69. The molecule has 0 saturated heterocycles. The van der Waals surface area contributed by atoms with Crippen LogP contribution in [0.5, 0.6) is 5.75 Å². The Balaban J connectivity index is 2.60. The lowest BCUT2D eigenvalue weighted by Gasteiger charge is -2.24. The predicted octanol–water partition coefficient (Wildman–Crippen LogP) is 0.501. The number of methoxy groups -OCH3 is 4. The van der Waals surface area contributed by atoms with Crippen LogP contribution < -0.4 is 5.73 Å². The van der Waals surface area contributed by atoms with E-state index in [1.54, 1.807) is 18.2 Å². The number of rotatable bonds is 14. The summed E-state index contributed by atoms with van der Waals surface area (Å²) in [7, 11) is 4.76. The summed E-state index contributed by atoms with van der Waals surface area (Å²) in [5, 5.41) is 11.2. The maximum absolute atomic E-state index is 13.4. The Labute approximate surface area is 231 Å². The number of nitrogens with two attached hydrogens (primary N) is 1. The second-order valence-electron chi connectivity index (χ2n) is 8.69. The van der Waals surface area contributed by atoms with Gasteiger partial charge < -0.3 is 29.8 Å². The zero-order valence-corrected chi connectivity index (χ0v) is 22.8. The number of aromatic hydroxyl groups is 1. The predicted molar refractivity (Wildman–Crippen MR) is 141 cm³/mol. The SMILES string of the molecule is COC(=O)CN(CC(=O)OC)Cc1cc(C(=O)c2cccc(N)c2)cc(CN(CC(=O)OC)CC(=O)OC)c1O. The molecule has 0 spiro atoms. The molecular weight excluding hydrogens is 526 g/mol. The number of phenols is 1. The number of carbonyl (C=O) groups excluding carboxylic acids is 5. The van der Waals surface area contributed by atoms with E-state index < -0.39 is 29.7 Å². The highest BCUT2D eigenvalue weighted by molar-refractivity contribution is 6.09. The molecule has 0 atom stereocenters. The van der Waals surface area contributed by atoms with E-state index in [1.807, 2.05) is 0 Å². The first kappa shape index (κ1) is 31.7. The summed E-state index contributed by atoms with van der Waals surface area (Å²) in [6.07, 6.45) is 0. The van der Waals surface area contributed by atoms with Gasteiger partial charge in [-0.2, -0.15) is 0 Å². The van der Waals surface area contributed by atoms with Crippen LogP contribution in [0.15, 0.2) is 36.4 Å². The van der Waals surface area contributed by atoms with Crippen LogP contribution in [0.25, 0.3) is 0 Å². The van der Waals surface area contributed by atoms with Crippen LogP contribution in [-0.4, -0.2) is 99.2 Å². The summed E-state index contributed by atoms with van der Waals surface area (Å²) in [5.74, 6) is -3.26. The number of ketones is 1. The highest BCUT2D eigenvalue weighted by atomic mass is 16.5. The number of nitrogen functional groups attached to an aromatic ring is 1. The molecule has 0 heterocycles. The fourth-order valence-corrected chi connectivity index (χ4v) is 3.78. The number of nitrogens with zero attached hydrogens (tertiary/aromatic N) is 2. The van der Waals surface area contributed by atoms with Crippen LogP contribution in [0.4, 0.5) is 5.69 Å². The molecule has 13 nitrogen and oxygen atoms in total. The van der Waals surface area contributed by atoms with E-state index >= 15 is 0 Å². The van der Waals surface area contributed by atoms with Gasteiger partial charge in [0.25, 0.3) is 0 Å². The number of carbonyl (C=O) groups is 5. The first-order valence-electron chi connectivity index (χ1n) is 12.0. The Kier molecular flexibility index (Phi) is 12.0. The molecule has 0 saturated carbocycles. The van der Waals surface area contributed by atoms with Gasteiger partial charge in [-0.3, -0.25) is 33.8 Å². The lowest BCUT2D eigenvalue weighted by atomic mass is 9.96. The quantitative estimate of drug-likeness (QED) is 0.142. The summed E-state index contributed by atoms with van der Waals surface area (Å²) in [6.45, 7) is -1.57. The van der Waals surface area contributed by atoms with Gasteiger partial charge in [0.15, 0.2) is 5.78 Å². The summed E-state index contributed by atoms with van der Waals surface area (Å²) in [6, 6.07) is 9.17. The number of phenolic OH excluding ortho intramolecular Hbond substituents is 1. The van der Waals surface area contributed by atoms with Gasteiger partial charge in [0.05, 0.1) is 54.6 Å². The largest absolute Gasteiger partial charge is 0.507 e. The minimum atomic E-state index is -0.641. The van der Waals surface area contributed by atoms with Crippen LogP contribution in [0, 0.1) is 0 Å². The lowest BCUT2D eigenvalue weighted by Crippen LogP contribution is -2.36. The van der Waals surface area contributed by atoms with Gasteiger partial charge in [-0.25, -0.2) is 0 Å². The van der Waals surface area contributed by atoms with Crippen molar-refractivity contribution in [3.63, 3.8) is 0 Å². The average Bonchev–Trinajstić information content (AvgIpc) is 2.93. The van der Waals surface area contributed by atoms with Crippen LogP contribution in [0.3, 0.4) is 0 Å². The third kappa shape index (κ3) is 9.36. The van der Waals surface area contributed by atoms with Crippen LogP contribution >= 0.6 is 0 Å². The van der Waals surface area contributed by atoms with Crippen molar-refractivity contribution in [2.45, 2.75) is 13.1 Å². The van der Waals surface area contributed by atoms with Crippen molar-refractivity contribution in [3.8, 4) is 5.75 Å². The molecule has 0 fully saturated rings. The molecule has 0 bridgehead atoms. The number of hydrogen-bond donors (Lipinski definition) is 2. The molecule has 3 N–H and O–H groups in total. The zero-order chi connectivity index (χ0) is 29.8. The van der Waals surface area contributed by atoms with Crippen LogP contribution in [0.1, 0.15) is 27.0 Å². The summed E-state index contributed by atoms with van der Waals surface area (Å²) < 4.78 is 18.8. The van der Waals surface area contributed by atoms with Crippen molar-refractivity contribution < 1.29 is 48.0 Å². The van der Waals surface area contributed by atoms with Gasteiger partial charge in [-0.1, -0.05) is 12.1 Å². The molecule has 0 amide bonds. The molecule has 40 heavy (non-hydrogen) atoms. The van der Waals surface area contributed by atoms with Gasteiger partial charge in [-0.15, -0.1) is 0 Å². The Bertz CT molecular complexity index is 1150. The number of esters is 4. The molecule has 216 valence electrons. The summed E-state index contributed by atoms with van der Waals surface area (Å²) >= 11 is 0. The maximum atomic E-state index is 13.4. The smallest absolute Gasteiger partial charge is 0.319 e. The molecule has 2 aromatic rings. The molecule has 0 unspecified atom stereocenters. The van der Waals surface area contributed by atoms with Crippen molar-refractivity contribution in [2.24, 2.45) is 0 Å². The second kappa shape index (κ2) is 15.2. The van der Waals surface area contributed by atoms with Crippen LogP contribution in [0.2, 0.25) is 0 Å². The molecule has 2 rings (SSSR count). The number of benzene rings is 2. The zero-order valence-electron chi connectivity index (χ0n) is 22.8. The summed E-state index contributed by atoms with van der Waals surface area (Å²) in [4.78, 5) is 64.1. The minimum absolute atomic E-state index is 0.153. The molecule has 0 aliphatic heterocycles. The molecular formula is C27H33N3O10. The number of ether oxygens (including phenoxy) is 4. The fourth-order valence-electron chi connectivity index (χ4n) is 3.78. The van der Waals surface area contributed by atoms with Gasteiger partial charge in [-0.05, 0) is 24.3 Å². The van der Waals surface area contributed by atoms with Crippen molar-refractivity contribution in [3.05, 3.63) is 58.7 Å². The highest BCUT2D eigenvalue weighted by Crippen LogP contribution is 2.29. The summed E-state index contributed by atoms with van der Waals surface area (Å²) in [5.41, 5.74) is 7.03. The van der Waals surface area contributed by atoms with E-state index in [2.05, 4.69) is 0 Å². The Morgan fingerprint density at radius 1 is 0.675 bits per heavy atom. The van der Waals surface area contributed by atoms with E-state index in [0.29, 0.717) is 5.69 Å². The first-order valence-corrected chi connectivity index (χ1v) is 12.0.